The van der Waals surface area contributed by atoms with E-state index in [4.69, 9.17) is 0 Å². The van der Waals surface area contributed by atoms with Gasteiger partial charge in [0.2, 0.25) is 0 Å². The predicted molar refractivity (Wildman–Crippen MR) is 66.9 cm³/mol. The monoisotopic (exact) mass is 211 g/mol. The summed E-state index contributed by atoms with van der Waals surface area (Å²) in [5, 5.41) is 0. The number of unbranched alkanes of at least 4 members (excludes halogenated alkanes) is 1. The molecule has 0 N–H and O–H groups in total. The lowest BCUT2D eigenvalue weighted by atomic mass is 10.3. The second-order valence-corrected chi connectivity index (χ2v) is 3.60. The Morgan fingerprint density at radius 3 is 2.07 bits per heavy atom. The SMILES string of the molecule is CCCCN=C=NCCCN(CC)CC. The first kappa shape index (κ1) is 14.3. The van der Waals surface area contributed by atoms with Crippen LogP contribution in [0.1, 0.15) is 40.0 Å². The highest BCUT2D eigenvalue weighted by molar-refractivity contribution is 5.40. The van der Waals surface area contributed by atoms with Crippen molar-refractivity contribution >= 4 is 6.01 Å². The number of nitrogens with zero attached hydrogens (tertiary/aromatic N) is 3. The van der Waals surface area contributed by atoms with Gasteiger partial charge in [0.25, 0.3) is 0 Å². The van der Waals surface area contributed by atoms with Crippen LogP contribution in [0.5, 0.6) is 0 Å². The van der Waals surface area contributed by atoms with Gasteiger partial charge in [-0.3, -0.25) is 0 Å². The van der Waals surface area contributed by atoms with Gasteiger partial charge in [0, 0.05) is 6.54 Å². The van der Waals surface area contributed by atoms with Crippen molar-refractivity contribution in [3.63, 3.8) is 0 Å². The summed E-state index contributed by atoms with van der Waals surface area (Å²) in [5.41, 5.74) is 0. The molecule has 0 aromatic carbocycles. The van der Waals surface area contributed by atoms with Crippen molar-refractivity contribution < 1.29 is 0 Å². The Labute approximate surface area is 94.3 Å². The first-order valence-electron chi connectivity index (χ1n) is 6.15. The van der Waals surface area contributed by atoms with Gasteiger partial charge in [-0.1, -0.05) is 27.2 Å². The maximum absolute atomic E-state index is 4.14. The zero-order chi connectivity index (χ0) is 11.4. The van der Waals surface area contributed by atoms with Crippen LogP contribution in [-0.4, -0.2) is 43.6 Å². The molecule has 0 fully saturated rings. The summed E-state index contributed by atoms with van der Waals surface area (Å²) in [6.07, 6.45) is 3.44. The van der Waals surface area contributed by atoms with E-state index in [2.05, 4.69) is 41.7 Å². The molecule has 3 heteroatoms. The molecule has 0 atom stereocenters. The predicted octanol–water partition coefficient (Wildman–Crippen LogP) is 2.69. The van der Waals surface area contributed by atoms with Crippen LogP contribution in [0.2, 0.25) is 0 Å². The molecule has 0 unspecified atom stereocenters. The van der Waals surface area contributed by atoms with Crippen molar-refractivity contribution in [2.75, 3.05) is 32.7 Å². The van der Waals surface area contributed by atoms with E-state index in [0.717, 1.165) is 45.6 Å². The van der Waals surface area contributed by atoms with Crippen LogP contribution in [-0.2, 0) is 0 Å². The lowest BCUT2D eigenvalue weighted by molar-refractivity contribution is 0.302. The van der Waals surface area contributed by atoms with E-state index in [1.165, 1.54) is 6.42 Å². The normalized spacial score (nSPS) is 10.1. The van der Waals surface area contributed by atoms with Crippen molar-refractivity contribution in [1.82, 2.24) is 4.90 Å². The summed E-state index contributed by atoms with van der Waals surface area (Å²) in [6, 6.07) is 2.76. The van der Waals surface area contributed by atoms with E-state index in [1.807, 2.05) is 0 Å². The van der Waals surface area contributed by atoms with Gasteiger partial charge in [0.1, 0.15) is 0 Å². The lowest BCUT2D eigenvalue weighted by Crippen LogP contribution is -2.24. The summed E-state index contributed by atoms with van der Waals surface area (Å²) in [4.78, 5) is 10.6. The molecule has 88 valence electrons. The summed E-state index contributed by atoms with van der Waals surface area (Å²) in [6.45, 7) is 11.7. The summed E-state index contributed by atoms with van der Waals surface area (Å²) in [5.74, 6) is 0. The Morgan fingerprint density at radius 1 is 0.933 bits per heavy atom. The molecule has 0 saturated carbocycles. The van der Waals surface area contributed by atoms with Gasteiger partial charge in [-0.15, -0.1) is 0 Å². The highest BCUT2D eigenvalue weighted by Crippen LogP contribution is 1.90. The second kappa shape index (κ2) is 11.4. The van der Waals surface area contributed by atoms with E-state index in [1.54, 1.807) is 0 Å². The molecule has 15 heavy (non-hydrogen) atoms. The van der Waals surface area contributed by atoms with Crippen molar-refractivity contribution in [2.24, 2.45) is 9.98 Å². The minimum atomic E-state index is 0.853. The molecule has 0 bridgehead atoms. The molecule has 0 heterocycles. The Hall–Kier alpha value is -0.660. The molecule has 0 aliphatic heterocycles. The fraction of sp³-hybridized carbons (Fsp3) is 0.917. The van der Waals surface area contributed by atoms with Crippen LogP contribution in [0.15, 0.2) is 9.98 Å². The highest BCUT2D eigenvalue weighted by Gasteiger charge is 1.96. The van der Waals surface area contributed by atoms with Gasteiger partial charge < -0.3 is 4.90 Å². The average Bonchev–Trinajstić information content (AvgIpc) is 2.27. The Morgan fingerprint density at radius 2 is 1.53 bits per heavy atom. The van der Waals surface area contributed by atoms with Gasteiger partial charge in [0.05, 0.1) is 12.6 Å². The number of hydrogen-bond donors (Lipinski definition) is 0. The molecule has 0 spiro atoms. The first-order chi connectivity index (χ1) is 7.35. The number of rotatable bonds is 9. The Kier molecular flexibility index (Phi) is 10.9. The standard InChI is InChI=1S/C12H25N3/c1-4-7-9-13-12-14-10-8-11-15(5-2)6-3/h4-11H2,1-3H3. The molecular formula is C12H25N3. The van der Waals surface area contributed by atoms with Crippen molar-refractivity contribution in [3.05, 3.63) is 0 Å². The molecule has 0 saturated heterocycles. The molecule has 0 amide bonds. The Balaban J connectivity index is 3.40. The van der Waals surface area contributed by atoms with Crippen molar-refractivity contribution in [2.45, 2.75) is 40.0 Å². The van der Waals surface area contributed by atoms with E-state index in [0.29, 0.717) is 0 Å². The van der Waals surface area contributed by atoms with Crippen molar-refractivity contribution in [3.8, 4) is 0 Å². The topological polar surface area (TPSA) is 28.0 Å². The van der Waals surface area contributed by atoms with Crippen LogP contribution in [0.3, 0.4) is 0 Å². The number of hydrogen-bond acceptors (Lipinski definition) is 3. The molecular weight excluding hydrogens is 186 g/mol. The third-order valence-electron chi connectivity index (χ3n) is 2.40. The van der Waals surface area contributed by atoms with Gasteiger partial charge >= 0.3 is 0 Å². The first-order valence-corrected chi connectivity index (χ1v) is 6.15. The average molecular weight is 211 g/mol. The van der Waals surface area contributed by atoms with Crippen LogP contribution in [0.4, 0.5) is 0 Å². The third-order valence-corrected chi connectivity index (χ3v) is 2.40. The largest absolute Gasteiger partial charge is 0.304 e. The number of aliphatic imine (C=N–C) groups is 2. The van der Waals surface area contributed by atoms with Gasteiger partial charge in [-0.05, 0) is 32.5 Å². The highest BCUT2D eigenvalue weighted by atomic mass is 15.1. The maximum atomic E-state index is 4.14. The van der Waals surface area contributed by atoms with E-state index in [9.17, 15) is 0 Å². The minimum absolute atomic E-state index is 0.853. The molecule has 0 aromatic heterocycles. The Bertz CT molecular complexity index is 179. The fourth-order valence-electron chi connectivity index (χ4n) is 1.30. The molecule has 3 nitrogen and oxygen atoms in total. The van der Waals surface area contributed by atoms with Crippen molar-refractivity contribution in [1.29, 1.82) is 0 Å². The molecule has 0 aromatic rings. The zero-order valence-electron chi connectivity index (χ0n) is 10.5. The van der Waals surface area contributed by atoms with Crippen LogP contribution >= 0.6 is 0 Å². The lowest BCUT2D eigenvalue weighted by Gasteiger charge is -2.16. The fourth-order valence-corrected chi connectivity index (χ4v) is 1.30. The molecule has 0 radical (unpaired) electrons. The summed E-state index contributed by atoms with van der Waals surface area (Å²) in [7, 11) is 0. The maximum Gasteiger partial charge on any atom is 0.0892 e. The molecule has 0 aliphatic carbocycles. The minimum Gasteiger partial charge on any atom is -0.304 e. The summed E-state index contributed by atoms with van der Waals surface area (Å²) >= 11 is 0. The van der Waals surface area contributed by atoms with Crippen LogP contribution in [0.25, 0.3) is 0 Å². The zero-order valence-corrected chi connectivity index (χ0v) is 10.5. The van der Waals surface area contributed by atoms with E-state index < -0.39 is 0 Å². The van der Waals surface area contributed by atoms with E-state index >= 15 is 0 Å². The van der Waals surface area contributed by atoms with Crippen LogP contribution in [0, 0.1) is 0 Å². The van der Waals surface area contributed by atoms with Crippen LogP contribution < -0.4 is 0 Å². The second-order valence-electron chi connectivity index (χ2n) is 3.60. The van der Waals surface area contributed by atoms with Gasteiger partial charge in [-0.2, -0.15) is 0 Å². The smallest absolute Gasteiger partial charge is 0.0892 e. The van der Waals surface area contributed by atoms with Gasteiger partial charge in [0.15, 0.2) is 0 Å². The summed E-state index contributed by atoms with van der Waals surface area (Å²) < 4.78 is 0. The third kappa shape index (κ3) is 9.64. The van der Waals surface area contributed by atoms with Gasteiger partial charge in [-0.25, -0.2) is 9.98 Å². The molecule has 0 aliphatic rings. The van der Waals surface area contributed by atoms with E-state index in [-0.39, 0.29) is 0 Å². The molecule has 0 rings (SSSR count). The quantitative estimate of drug-likeness (QED) is 0.425.